The van der Waals surface area contributed by atoms with Crippen LogP contribution in [0.5, 0.6) is 0 Å². The average molecular weight is 1070 g/mol. The van der Waals surface area contributed by atoms with Crippen LogP contribution in [0, 0.1) is 0 Å². The molecule has 444 valence electrons. The zero-order valence-corrected chi connectivity index (χ0v) is 51.0. The number of unbranched alkanes of at least 4 members (excludes halogenated alkanes) is 35. The zero-order valence-electron chi connectivity index (χ0n) is 51.0. The van der Waals surface area contributed by atoms with Crippen LogP contribution >= 0.6 is 0 Å². The van der Waals surface area contributed by atoms with Gasteiger partial charge in [-0.25, -0.2) is 0 Å². The van der Waals surface area contributed by atoms with Gasteiger partial charge in [0.1, 0.15) is 13.2 Å². The summed E-state index contributed by atoms with van der Waals surface area (Å²) in [4.78, 5) is 38.3. The third-order valence-corrected chi connectivity index (χ3v) is 14.4. The minimum atomic E-state index is -0.810. The quantitative estimate of drug-likeness (QED) is 0.0261. The van der Waals surface area contributed by atoms with E-state index >= 15 is 0 Å². The standard InChI is InChI=1S/C71H124O6/c1-4-7-10-13-16-19-22-25-28-31-32-33-34-35-36-37-38-41-43-46-49-52-55-58-61-64-70(73)76-67-68(77-71(74)65-62-59-56-53-50-47-44-40-30-27-24-21-18-15-12-9-6-3)66-75-69(72)63-60-57-54-51-48-45-42-39-29-26-23-20-17-14-11-8-5-2/h9,12,17-18,20-21,26-27,29-30,44,47,53,56,68H,4-8,10-11,13-16,19,22-25,28,31-43,45-46,48-52,54-55,57-67H2,1-3H3/b12-9-,20-17-,21-18-,29-26-,30-27-,47-44-,56-53-. The summed E-state index contributed by atoms with van der Waals surface area (Å²) in [6.45, 7) is 6.49. The minimum absolute atomic E-state index is 0.0992. The lowest BCUT2D eigenvalue weighted by molar-refractivity contribution is -0.167. The molecule has 0 aromatic heterocycles. The van der Waals surface area contributed by atoms with Crippen molar-refractivity contribution in [1.82, 2.24) is 0 Å². The minimum Gasteiger partial charge on any atom is -0.462 e. The molecule has 0 heterocycles. The van der Waals surface area contributed by atoms with Gasteiger partial charge in [0.25, 0.3) is 0 Å². The molecule has 0 saturated heterocycles. The predicted molar refractivity (Wildman–Crippen MR) is 334 cm³/mol. The van der Waals surface area contributed by atoms with Crippen molar-refractivity contribution in [3.8, 4) is 0 Å². The predicted octanol–water partition coefficient (Wildman–Crippen LogP) is 22.7. The van der Waals surface area contributed by atoms with Gasteiger partial charge in [-0.1, -0.05) is 305 Å². The van der Waals surface area contributed by atoms with Gasteiger partial charge >= 0.3 is 17.9 Å². The van der Waals surface area contributed by atoms with Gasteiger partial charge in [-0.2, -0.15) is 0 Å². The Kier molecular flexibility index (Phi) is 62.2. The van der Waals surface area contributed by atoms with Gasteiger partial charge in [-0.05, 0) is 89.9 Å². The van der Waals surface area contributed by atoms with Gasteiger partial charge < -0.3 is 14.2 Å². The fourth-order valence-electron chi connectivity index (χ4n) is 9.45. The van der Waals surface area contributed by atoms with E-state index in [1.807, 2.05) is 0 Å². The topological polar surface area (TPSA) is 78.9 Å². The molecule has 77 heavy (non-hydrogen) atoms. The third kappa shape index (κ3) is 63.3. The number of rotatable bonds is 60. The van der Waals surface area contributed by atoms with Crippen molar-refractivity contribution in [3.05, 3.63) is 85.1 Å². The molecular formula is C71H124O6. The lowest BCUT2D eigenvalue weighted by Crippen LogP contribution is -2.30. The summed E-state index contributed by atoms with van der Waals surface area (Å²) in [7, 11) is 0. The van der Waals surface area contributed by atoms with Crippen LogP contribution < -0.4 is 0 Å². The molecule has 0 spiro atoms. The van der Waals surface area contributed by atoms with Crippen molar-refractivity contribution >= 4 is 17.9 Å². The van der Waals surface area contributed by atoms with Crippen LogP contribution in [-0.2, 0) is 28.6 Å². The lowest BCUT2D eigenvalue weighted by atomic mass is 10.0. The first kappa shape index (κ1) is 73.6. The molecule has 0 rings (SSSR count). The first-order valence-corrected chi connectivity index (χ1v) is 33.1. The molecular weight excluding hydrogens is 949 g/mol. The van der Waals surface area contributed by atoms with Gasteiger partial charge in [0.2, 0.25) is 0 Å². The van der Waals surface area contributed by atoms with Crippen LogP contribution in [0.3, 0.4) is 0 Å². The summed E-state index contributed by atoms with van der Waals surface area (Å²) in [5.74, 6) is -0.952. The molecule has 0 saturated carbocycles. The number of esters is 3. The number of hydrogen-bond acceptors (Lipinski definition) is 6. The van der Waals surface area contributed by atoms with Gasteiger partial charge in [0, 0.05) is 19.3 Å². The average Bonchev–Trinajstić information content (AvgIpc) is 3.43. The number of carbonyl (C=O) groups is 3. The maximum Gasteiger partial charge on any atom is 0.306 e. The highest BCUT2D eigenvalue weighted by Gasteiger charge is 2.19. The van der Waals surface area contributed by atoms with Gasteiger partial charge in [0.05, 0.1) is 0 Å². The van der Waals surface area contributed by atoms with E-state index in [1.54, 1.807) is 0 Å². The van der Waals surface area contributed by atoms with Crippen molar-refractivity contribution in [2.75, 3.05) is 13.2 Å². The number of allylic oxidation sites excluding steroid dienone is 14. The van der Waals surface area contributed by atoms with Crippen molar-refractivity contribution in [2.24, 2.45) is 0 Å². The van der Waals surface area contributed by atoms with E-state index in [0.29, 0.717) is 19.3 Å². The van der Waals surface area contributed by atoms with Gasteiger partial charge in [-0.15, -0.1) is 0 Å². The van der Waals surface area contributed by atoms with Crippen LogP contribution in [0.4, 0.5) is 0 Å². The van der Waals surface area contributed by atoms with E-state index in [2.05, 4.69) is 106 Å². The Morgan fingerprint density at radius 3 is 0.857 bits per heavy atom. The maximum atomic E-state index is 12.9. The Hall–Kier alpha value is -3.41. The van der Waals surface area contributed by atoms with Crippen LogP contribution in [-0.4, -0.2) is 37.2 Å². The van der Waals surface area contributed by atoms with E-state index in [0.717, 1.165) is 89.9 Å². The van der Waals surface area contributed by atoms with Crippen molar-refractivity contribution in [2.45, 2.75) is 335 Å². The largest absolute Gasteiger partial charge is 0.462 e. The molecule has 0 aliphatic rings. The second-order valence-corrected chi connectivity index (χ2v) is 22.0. The molecule has 0 aromatic carbocycles. The second-order valence-electron chi connectivity index (χ2n) is 22.0. The highest BCUT2D eigenvalue weighted by atomic mass is 16.6. The Labute approximate surface area is 477 Å². The zero-order chi connectivity index (χ0) is 55.7. The van der Waals surface area contributed by atoms with Gasteiger partial charge in [-0.3, -0.25) is 14.4 Å². The Balaban J connectivity index is 4.36. The normalized spacial score (nSPS) is 12.6. The molecule has 0 aromatic rings. The number of hydrogen-bond donors (Lipinski definition) is 0. The van der Waals surface area contributed by atoms with E-state index in [9.17, 15) is 14.4 Å². The number of ether oxygens (including phenoxy) is 3. The molecule has 6 nitrogen and oxygen atoms in total. The molecule has 0 aliphatic heterocycles. The van der Waals surface area contributed by atoms with E-state index in [-0.39, 0.29) is 37.5 Å². The Bertz CT molecular complexity index is 1470. The summed E-state index contributed by atoms with van der Waals surface area (Å²) < 4.78 is 16.9. The first-order chi connectivity index (χ1) is 38.0. The van der Waals surface area contributed by atoms with Crippen LogP contribution in [0.1, 0.15) is 329 Å². The van der Waals surface area contributed by atoms with Crippen LogP contribution in [0.2, 0.25) is 0 Å². The summed E-state index contributed by atoms with van der Waals surface area (Å²) >= 11 is 0. The molecule has 0 amide bonds. The summed E-state index contributed by atoms with van der Waals surface area (Å²) in [5, 5.41) is 0. The number of carbonyl (C=O) groups excluding carboxylic acids is 3. The van der Waals surface area contributed by atoms with Crippen molar-refractivity contribution in [3.63, 3.8) is 0 Å². The third-order valence-electron chi connectivity index (χ3n) is 14.4. The Morgan fingerprint density at radius 1 is 0.273 bits per heavy atom. The van der Waals surface area contributed by atoms with E-state index in [1.165, 1.54) is 193 Å². The molecule has 1 atom stereocenters. The van der Waals surface area contributed by atoms with Crippen molar-refractivity contribution in [1.29, 1.82) is 0 Å². The van der Waals surface area contributed by atoms with E-state index < -0.39 is 6.10 Å². The van der Waals surface area contributed by atoms with Gasteiger partial charge in [0.15, 0.2) is 6.10 Å². The molecule has 0 radical (unpaired) electrons. The highest BCUT2D eigenvalue weighted by Crippen LogP contribution is 2.17. The fraction of sp³-hybridized carbons (Fsp3) is 0.761. The molecule has 0 bridgehead atoms. The monoisotopic (exact) mass is 1070 g/mol. The molecule has 0 N–H and O–H groups in total. The molecule has 0 aliphatic carbocycles. The SMILES string of the molecule is CC/C=C\C/C=C\C/C=C\C/C=C\C/C=C\CCCC(=O)OC(COC(=O)CCCCCCCCC/C=C\C/C=C\CCCCC)COC(=O)CCCCCCCCCCCCCCCCCCCCCCCCCCC. The molecule has 0 fully saturated rings. The lowest BCUT2D eigenvalue weighted by Gasteiger charge is -2.18. The second kappa shape index (κ2) is 65.1. The summed E-state index contributed by atoms with van der Waals surface area (Å²) in [6, 6.07) is 0. The Morgan fingerprint density at radius 2 is 0.519 bits per heavy atom. The first-order valence-electron chi connectivity index (χ1n) is 33.1. The molecule has 1 unspecified atom stereocenters. The summed E-state index contributed by atoms with van der Waals surface area (Å²) in [6.07, 6.45) is 86.1. The van der Waals surface area contributed by atoms with Crippen LogP contribution in [0.15, 0.2) is 85.1 Å². The van der Waals surface area contributed by atoms with E-state index in [4.69, 9.17) is 14.2 Å². The summed E-state index contributed by atoms with van der Waals surface area (Å²) in [5.41, 5.74) is 0. The molecule has 6 heteroatoms. The smallest absolute Gasteiger partial charge is 0.306 e. The van der Waals surface area contributed by atoms with Crippen molar-refractivity contribution < 1.29 is 28.6 Å². The fourth-order valence-corrected chi connectivity index (χ4v) is 9.45. The highest BCUT2D eigenvalue weighted by molar-refractivity contribution is 5.71. The maximum absolute atomic E-state index is 12.9. The van der Waals surface area contributed by atoms with Crippen LogP contribution in [0.25, 0.3) is 0 Å².